The van der Waals surface area contributed by atoms with E-state index in [-0.39, 0.29) is 5.91 Å². The molecule has 154 valence electrons. The van der Waals surface area contributed by atoms with Crippen molar-refractivity contribution in [3.8, 4) is 0 Å². The first-order chi connectivity index (χ1) is 14.5. The van der Waals surface area contributed by atoms with Gasteiger partial charge in [0.1, 0.15) is 11.6 Å². The van der Waals surface area contributed by atoms with Crippen LogP contribution in [-0.2, 0) is 19.5 Å². The average molecular weight is 405 g/mol. The molecule has 1 N–H and O–H groups in total. The summed E-state index contributed by atoms with van der Waals surface area (Å²) >= 11 is 0. The Morgan fingerprint density at radius 1 is 1.10 bits per heavy atom. The molecule has 30 heavy (non-hydrogen) atoms. The highest BCUT2D eigenvalue weighted by Gasteiger charge is 2.39. The number of carbonyl (C=O) groups is 1. The zero-order chi connectivity index (χ0) is 20.7. The minimum absolute atomic E-state index is 0.296. The number of fused-ring (bicyclic) bond motifs is 2. The number of amides is 1. The number of anilines is 1. The third kappa shape index (κ3) is 3.73. The van der Waals surface area contributed by atoms with Gasteiger partial charge in [0.05, 0.1) is 0 Å². The molecule has 0 aliphatic carbocycles. The summed E-state index contributed by atoms with van der Waals surface area (Å²) in [7, 11) is 0. The Labute approximate surface area is 174 Å². The molecule has 1 fully saturated rings. The summed E-state index contributed by atoms with van der Waals surface area (Å²) in [5, 5.41) is 11.1. The molecule has 6 nitrogen and oxygen atoms in total. The van der Waals surface area contributed by atoms with Gasteiger partial charge in [-0.1, -0.05) is 35.9 Å². The maximum Gasteiger partial charge on any atom is 0.293 e. The molecule has 0 bridgehead atoms. The van der Waals surface area contributed by atoms with Crippen LogP contribution in [0.4, 0.5) is 10.1 Å². The van der Waals surface area contributed by atoms with Gasteiger partial charge in [0.25, 0.3) is 5.91 Å². The Kier molecular flexibility index (Phi) is 4.83. The number of benzene rings is 2. The smallest absolute Gasteiger partial charge is 0.293 e. The highest BCUT2D eigenvalue weighted by Crippen LogP contribution is 2.33. The SMILES string of the molecule is Cc1cccc(CN2C[C@@H]3Cc4nnc(C(=O)Nc5cccc(F)c5)n4C[C@@H]3C2)c1. The van der Waals surface area contributed by atoms with Gasteiger partial charge in [0.15, 0.2) is 0 Å². The lowest BCUT2D eigenvalue weighted by Gasteiger charge is -2.25. The highest BCUT2D eigenvalue weighted by atomic mass is 19.1. The second kappa shape index (κ2) is 7.65. The molecule has 2 aliphatic heterocycles. The summed E-state index contributed by atoms with van der Waals surface area (Å²) in [6.45, 7) is 5.85. The van der Waals surface area contributed by atoms with Gasteiger partial charge in [-0.25, -0.2) is 4.39 Å². The summed E-state index contributed by atoms with van der Waals surface area (Å²) in [6, 6.07) is 14.5. The topological polar surface area (TPSA) is 63.1 Å². The number of carbonyl (C=O) groups excluding carboxylic acids is 1. The second-order valence-electron chi connectivity index (χ2n) is 8.42. The number of rotatable bonds is 4. The lowest BCUT2D eigenvalue weighted by atomic mass is 9.89. The molecule has 0 saturated carbocycles. The molecule has 1 saturated heterocycles. The van der Waals surface area contributed by atoms with Gasteiger partial charge >= 0.3 is 0 Å². The molecule has 3 aromatic rings. The van der Waals surface area contributed by atoms with Crippen molar-refractivity contribution in [2.75, 3.05) is 18.4 Å². The normalized spacial score (nSPS) is 20.6. The maximum absolute atomic E-state index is 13.4. The van der Waals surface area contributed by atoms with Crippen LogP contribution >= 0.6 is 0 Å². The highest BCUT2D eigenvalue weighted by molar-refractivity contribution is 6.01. The lowest BCUT2D eigenvalue weighted by molar-refractivity contribution is 0.100. The third-order valence-corrected chi connectivity index (χ3v) is 6.12. The van der Waals surface area contributed by atoms with Gasteiger partial charge in [-0.05, 0) is 42.5 Å². The predicted molar refractivity (Wildman–Crippen MR) is 112 cm³/mol. The van der Waals surface area contributed by atoms with Crippen molar-refractivity contribution in [3.63, 3.8) is 0 Å². The van der Waals surface area contributed by atoms with Crippen LogP contribution in [0.5, 0.6) is 0 Å². The number of aromatic nitrogens is 3. The molecule has 5 rings (SSSR count). The van der Waals surface area contributed by atoms with Crippen molar-refractivity contribution in [2.45, 2.75) is 26.4 Å². The standard InChI is InChI=1S/C23H24FN5O/c1-15-4-2-5-16(8-15)11-28-12-17-9-21-26-27-22(29(21)14-18(17)13-28)23(30)25-20-7-3-6-19(24)10-20/h2-8,10,17-18H,9,11-14H2,1H3,(H,25,30)/t17-,18-/m0/s1. The Hall–Kier alpha value is -3.06. The Balaban J connectivity index is 1.28. The molecule has 3 heterocycles. The summed E-state index contributed by atoms with van der Waals surface area (Å²) in [5.74, 6) is 1.42. The van der Waals surface area contributed by atoms with E-state index in [0.29, 0.717) is 23.3 Å². The Morgan fingerprint density at radius 2 is 1.93 bits per heavy atom. The fourth-order valence-electron chi connectivity index (χ4n) is 4.74. The van der Waals surface area contributed by atoms with Crippen LogP contribution < -0.4 is 5.32 Å². The molecule has 0 unspecified atom stereocenters. The van der Waals surface area contributed by atoms with Crippen LogP contribution in [0, 0.1) is 24.6 Å². The van der Waals surface area contributed by atoms with Gasteiger partial charge in [0.2, 0.25) is 5.82 Å². The van der Waals surface area contributed by atoms with Crippen LogP contribution in [0.2, 0.25) is 0 Å². The fraction of sp³-hybridized carbons (Fsp3) is 0.348. The molecular formula is C23H24FN5O. The summed E-state index contributed by atoms with van der Waals surface area (Å²) in [5.41, 5.74) is 3.03. The summed E-state index contributed by atoms with van der Waals surface area (Å²) in [4.78, 5) is 15.2. The van der Waals surface area contributed by atoms with Crippen LogP contribution in [0.25, 0.3) is 0 Å². The number of hydrogen-bond donors (Lipinski definition) is 1. The van der Waals surface area contributed by atoms with E-state index in [1.807, 2.05) is 4.57 Å². The van der Waals surface area contributed by atoms with E-state index in [9.17, 15) is 9.18 Å². The van der Waals surface area contributed by atoms with Crippen LogP contribution in [0.3, 0.4) is 0 Å². The van der Waals surface area contributed by atoms with Crippen LogP contribution in [0.1, 0.15) is 27.6 Å². The summed E-state index contributed by atoms with van der Waals surface area (Å²) in [6.07, 6.45) is 0.829. The van der Waals surface area contributed by atoms with Crippen molar-refractivity contribution in [1.82, 2.24) is 19.7 Å². The first kappa shape index (κ1) is 18.9. The molecule has 1 aromatic heterocycles. The molecule has 7 heteroatoms. The number of halogens is 1. The second-order valence-corrected chi connectivity index (χ2v) is 8.42. The number of aryl methyl sites for hydroxylation is 1. The first-order valence-corrected chi connectivity index (χ1v) is 10.3. The zero-order valence-corrected chi connectivity index (χ0v) is 16.9. The fourth-order valence-corrected chi connectivity index (χ4v) is 4.74. The molecule has 1 amide bonds. The van der Waals surface area contributed by atoms with Gasteiger partial charge < -0.3 is 9.88 Å². The minimum Gasteiger partial charge on any atom is -0.319 e. The van der Waals surface area contributed by atoms with E-state index in [4.69, 9.17) is 0 Å². The van der Waals surface area contributed by atoms with Crippen molar-refractivity contribution < 1.29 is 9.18 Å². The molecular weight excluding hydrogens is 381 g/mol. The van der Waals surface area contributed by atoms with E-state index < -0.39 is 5.82 Å². The van der Waals surface area contributed by atoms with Gasteiger partial charge in [-0.2, -0.15) is 0 Å². The van der Waals surface area contributed by atoms with E-state index in [2.05, 4.69) is 51.6 Å². The molecule has 2 aromatic carbocycles. The lowest BCUT2D eigenvalue weighted by Crippen LogP contribution is -2.31. The molecule has 2 atom stereocenters. The number of hydrogen-bond acceptors (Lipinski definition) is 4. The summed E-state index contributed by atoms with van der Waals surface area (Å²) < 4.78 is 15.3. The molecule has 0 spiro atoms. The number of nitrogens with zero attached hydrogens (tertiary/aromatic N) is 4. The number of likely N-dealkylation sites (tertiary alicyclic amines) is 1. The van der Waals surface area contributed by atoms with Gasteiger partial charge in [-0.3, -0.25) is 9.69 Å². The average Bonchev–Trinajstić information content (AvgIpc) is 3.28. The van der Waals surface area contributed by atoms with Crippen molar-refractivity contribution >= 4 is 11.6 Å². The van der Waals surface area contributed by atoms with Crippen molar-refractivity contribution in [2.24, 2.45) is 11.8 Å². The van der Waals surface area contributed by atoms with E-state index in [1.54, 1.807) is 12.1 Å². The van der Waals surface area contributed by atoms with Crippen molar-refractivity contribution in [1.29, 1.82) is 0 Å². The van der Waals surface area contributed by atoms with E-state index in [1.165, 1.54) is 23.3 Å². The first-order valence-electron chi connectivity index (χ1n) is 10.3. The Bertz CT molecular complexity index is 1090. The third-order valence-electron chi connectivity index (χ3n) is 6.12. The van der Waals surface area contributed by atoms with E-state index in [0.717, 1.165) is 38.4 Å². The van der Waals surface area contributed by atoms with Crippen LogP contribution in [0.15, 0.2) is 48.5 Å². The van der Waals surface area contributed by atoms with Crippen molar-refractivity contribution in [3.05, 3.63) is 77.1 Å². The number of nitrogens with one attached hydrogen (secondary N) is 1. The van der Waals surface area contributed by atoms with Crippen LogP contribution in [-0.4, -0.2) is 38.7 Å². The Morgan fingerprint density at radius 3 is 2.77 bits per heavy atom. The molecule has 0 radical (unpaired) electrons. The minimum atomic E-state index is -0.390. The maximum atomic E-state index is 13.4. The quantitative estimate of drug-likeness (QED) is 0.724. The monoisotopic (exact) mass is 405 g/mol. The van der Waals surface area contributed by atoms with Gasteiger partial charge in [0, 0.05) is 38.3 Å². The molecule has 2 aliphatic rings. The predicted octanol–water partition coefficient (Wildman–Crippen LogP) is 3.28. The largest absolute Gasteiger partial charge is 0.319 e. The van der Waals surface area contributed by atoms with Gasteiger partial charge in [-0.15, -0.1) is 10.2 Å². The zero-order valence-electron chi connectivity index (χ0n) is 16.9. The van der Waals surface area contributed by atoms with E-state index >= 15 is 0 Å².